The minimum Gasteiger partial charge on any atom is -0.393 e. The Bertz CT molecular complexity index is 555. The third-order valence-corrected chi connectivity index (χ3v) is 3.53. The molecule has 2 aromatic rings. The largest absolute Gasteiger partial charge is 0.393 e. The van der Waals surface area contributed by atoms with E-state index in [2.05, 4.69) is 49.7 Å². The van der Waals surface area contributed by atoms with E-state index in [-0.39, 0.29) is 11.5 Å². The number of para-hydroxylation sites is 1. The molecule has 1 heterocycles. The van der Waals surface area contributed by atoms with E-state index in [0.717, 1.165) is 25.1 Å². The van der Waals surface area contributed by atoms with Crippen LogP contribution in [0.2, 0.25) is 0 Å². The number of rotatable bonds is 5. The van der Waals surface area contributed by atoms with Crippen molar-refractivity contribution in [3.05, 3.63) is 30.0 Å². The van der Waals surface area contributed by atoms with E-state index in [1.807, 2.05) is 6.92 Å². The molecule has 0 aliphatic heterocycles. The van der Waals surface area contributed by atoms with E-state index in [1.165, 1.54) is 10.9 Å². The Hall–Kier alpha value is -1.35. The van der Waals surface area contributed by atoms with Crippen molar-refractivity contribution in [2.75, 3.05) is 0 Å². The fourth-order valence-electron chi connectivity index (χ4n) is 2.89. The molecule has 0 radical (unpaired) electrons. The molecule has 0 aliphatic carbocycles. The Morgan fingerprint density at radius 1 is 1.32 bits per heavy atom. The third-order valence-electron chi connectivity index (χ3n) is 3.53. The molecule has 0 bridgehead atoms. The third kappa shape index (κ3) is 3.16. The summed E-state index contributed by atoms with van der Waals surface area (Å²) < 4.78 is 2.06. The number of nitrogens with zero attached hydrogens (tertiary/aromatic N) is 2. The van der Waals surface area contributed by atoms with Gasteiger partial charge in [0.25, 0.3) is 0 Å². The van der Waals surface area contributed by atoms with Gasteiger partial charge >= 0.3 is 0 Å². The second kappa shape index (κ2) is 5.33. The summed E-state index contributed by atoms with van der Waals surface area (Å²) in [5, 5.41) is 15.6. The minimum atomic E-state index is -0.269. The summed E-state index contributed by atoms with van der Waals surface area (Å²) >= 11 is 0. The first-order valence-electron chi connectivity index (χ1n) is 7.05. The molecule has 3 nitrogen and oxygen atoms in total. The Morgan fingerprint density at radius 3 is 2.63 bits per heavy atom. The van der Waals surface area contributed by atoms with Crippen molar-refractivity contribution in [3.63, 3.8) is 0 Å². The smallest absolute Gasteiger partial charge is 0.0708 e. The van der Waals surface area contributed by atoms with Gasteiger partial charge < -0.3 is 5.11 Å². The summed E-state index contributed by atoms with van der Waals surface area (Å²) in [6, 6.07) is 8.38. The van der Waals surface area contributed by atoms with Crippen molar-refractivity contribution in [3.8, 4) is 0 Å². The average Bonchev–Trinajstić information content (AvgIpc) is 2.65. The summed E-state index contributed by atoms with van der Waals surface area (Å²) in [7, 11) is 0. The molecule has 1 aromatic carbocycles. The summed E-state index contributed by atoms with van der Waals surface area (Å²) in [4.78, 5) is 0. The molecule has 0 saturated carbocycles. The summed E-state index contributed by atoms with van der Waals surface area (Å²) in [5.41, 5.74) is 2.40. The summed E-state index contributed by atoms with van der Waals surface area (Å²) in [6.45, 7) is 9.24. The molecule has 1 aromatic heterocycles. The highest BCUT2D eigenvalue weighted by Crippen LogP contribution is 2.30. The van der Waals surface area contributed by atoms with E-state index in [4.69, 9.17) is 5.10 Å². The fraction of sp³-hybridized carbons (Fsp3) is 0.562. The van der Waals surface area contributed by atoms with Crippen LogP contribution in [0.3, 0.4) is 0 Å². The van der Waals surface area contributed by atoms with Crippen molar-refractivity contribution < 1.29 is 5.11 Å². The Balaban J connectivity index is 2.35. The molecular weight excluding hydrogens is 236 g/mol. The maximum Gasteiger partial charge on any atom is 0.0708 e. The molecule has 0 aliphatic rings. The normalized spacial score (nSPS) is 13.9. The molecule has 1 unspecified atom stereocenters. The van der Waals surface area contributed by atoms with Gasteiger partial charge in [0.05, 0.1) is 17.3 Å². The van der Waals surface area contributed by atoms with E-state index in [1.54, 1.807) is 0 Å². The highest BCUT2D eigenvalue weighted by Gasteiger charge is 2.23. The highest BCUT2D eigenvalue weighted by molar-refractivity contribution is 5.82. The van der Waals surface area contributed by atoms with Gasteiger partial charge in [0, 0.05) is 11.9 Å². The lowest BCUT2D eigenvalue weighted by Gasteiger charge is -2.25. The molecule has 2 rings (SSSR count). The zero-order valence-electron chi connectivity index (χ0n) is 12.3. The molecule has 0 amide bonds. The van der Waals surface area contributed by atoms with Crippen molar-refractivity contribution in [2.24, 2.45) is 5.41 Å². The molecule has 1 N–H and O–H groups in total. The monoisotopic (exact) mass is 260 g/mol. The van der Waals surface area contributed by atoms with Crippen LogP contribution in [-0.2, 0) is 13.0 Å². The molecule has 0 fully saturated rings. The van der Waals surface area contributed by atoms with Crippen LogP contribution in [0.25, 0.3) is 10.9 Å². The number of aliphatic hydroxyl groups excluding tert-OH is 1. The first-order chi connectivity index (χ1) is 8.93. The summed E-state index contributed by atoms with van der Waals surface area (Å²) in [5.74, 6) is 0. The second-order valence-electron chi connectivity index (χ2n) is 6.17. The number of hydrogen-bond acceptors (Lipinski definition) is 2. The van der Waals surface area contributed by atoms with Gasteiger partial charge in [-0.05, 0) is 38.2 Å². The topological polar surface area (TPSA) is 38.0 Å². The van der Waals surface area contributed by atoms with Crippen molar-refractivity contribution >= 4 is 10.9 Å². The van der Waals surface area contributed by atoms with Crippen LogP contribution in [0.1, 0.15) is 39.8 Å². The maximum atomic E-state index is 9.61. The van der Waals surface area contributed by atoms with E-state index in [9.17, 15) is 5.11 Å². The predicted octanol–water partition coefficient (Wildman–Crippen LogP) is 3.40. The van der Waals surface area contributed by atoms with E-state index < -0.39 is 0 Å². The Labute approximate surface area is 115 Å². The molecular formula is C16H24N2O. The predicted molar refractivity (Wildman–Crippen MR) is 79.2 cm³/mol. The second-order valence-corrected chi connectivity index (χ2v) is 6.17. The van der Waals surface area contributed by atoms with Gasteiger partial charge in [0.1, 0.15) is 0 Å². The maximum absolute atomic E-state index is 9.61. The Kier molecular flexibility index (Phi) is 3.95. The zero-order chi connectivity index (χ0) is 14.0. The van der Waals surface area contributed by atoms with Crippen LogP contribution in [0, 0.1) is 5.41 Å². The van der Waals surface area contributed by atoms with Crippen LogP contribution in [0.5, 0.6) is 0 Å². The Morgan fingerprint density at radius 2 is 2.00 bits per heavy atom. The van der Waals surface area contributed by atoms with Crippen LogP contribution < -0.4 is 0 Å². The zero-order valence-corrected chi connectivity index (χ0v) is 12.3. The van der Waals surface area contributed by atoms with Gasteiger partial charge in [0.15, 0.2) is 0 Å². The first-order valence-corrected chi connectivity index (χ1v) is 7.05. The minimum absolute atomic E-state index is 0.0594. The molecule has 3 heteroatoms. The number of aliphatic hydroxyl groups is 1. The van der Waals surface area contributed by atoms with Crippen LogP contribution in [0.4, 0.5) is 0 Å². The average molecular weight is 260 g/mol. The van der Waals surface area contributed by atoms with Crippen molar-refractivity contribution in [2.45, 2.75) is 53.2 Å². The lowest BCUT2D eigenvalue weighted by molar-refractivity contribution is 0.129. The molecule has 0 spiro atoms. The summed E-state index contributed by atoms with van der Waals surface area (Å²) in [6.07, 6.45) is 1.42. The number of benzene rings is 1. The molecule has 104 valence electrons. The van der Waals surface area contributed by atoms with Gasteiger partial charge in [-0.1, -0.05) is 32.0 Å². The number of aryl methyl sites for hydroxylation is 1. The van der Waals surface area contributed by atoms with Gasteiger partial charge in [-0.2, -0.15) is 5.10 Å². The van der Waals surface area contributed by atoms with Crippen molar-refractivity contribution in [1.29, 1.82) is 0 Å². The molecule has 1 atom stereocenters. The SMILES string of the molecule is CCn1nc(CC(C)(C)CC(C)O)c2ccccc21. The standard InChI is InChI=1S/C16H24N2O/c1-5-18-15-9-7-6-8-13(15)14(17-18)11-16(3,4)10-12(2)19/h6-9,12,19H,5,10-11H2,1-4H3. The van der Waals surface area contributed by atoms with Crippen LogP contribution >= 0.6 is 0 Å². The van der Waals surface area contributed by atoms with Gasteiger partial charge in [0.2, 0.25) is 0 Å². The van der Waals surface area contributed by atoms with Crippen LogP contribution in [-0.4, -0.2) is 21.0 Å². The lowest BCUT2D eigenvalue weighted by atomic mass is 9.82. The van der Waals surface area contributed by atoms with Crippen LogP contribution in [0.15, 0.2) is 24.3 Å². The van der Waals surface area contributed by atoms with Crippen molar-refractivity contribution in [1.82, 2.24) is 9.78 Å². The highest BCUT2D eigenvalue weighted by atomic mass is 16.3. The quantitative estimate of drug-likeness (QED) is 0.894. The lowest BCUT2D eigenvalue weighted by Crippen LogP contribution is -2.21. The van der Waals surface area contributed by atoms with E-state index >= 15 is 0 Å². The van der Waals surface area contributed by atoms with Gasteiger partial charge in [-0.25, -0.2) is 0 Å². The van der Waals surface area contributed by atoms with Gasteiger partial charge in [-0.15, -0.1) is 0 Å². The number of aromatic nitrogens is 2. The van der Waals surface area contributed by atoms with E-state index in [0.29, 0.717) is 0 Å². The van der Waals surface area contributed by atoms with Gasteiger partial charge in [-0.3, -0.25) is 4.68 Å². The fourth-order valence-corrected chi connectivity index (χ4v) is 2.89. The molecule has 19 heavy (non-hydrogen) atoms. The number of hydrogen-bond donors (Lipinski definition) is 1. The first kappa shape index (κ1) is 14.1. The molecule has 0 saturated heterocycles. The number of fused-ring (bicyclic) bond motifs is 1.